The maximum Gasteiger partial charge on any atom is 0.257 e. The van der Waals surface area contributed by atoms with Crippen molar-refractivity contribution in [1.29, 1.82) is 0 Å². The highest BCUT2D eigenvalue weighted by atomic mass is 35.5. The van der Waals surface area contributed by atoms with E-state index in [1.807, 2.05) is 13.8 Å². The molecular weight excluding hydrogens is 368 g/mol. The van der Waals surface area contributed by atoms with Crippen molar-refractivity contribution < 1.29 is 22.7 Å². The normalized spacial score (nSPS) is 11.8. The van der Waals surface area contributed by atoms with Crippen LogP contribution in [0.3, 0.4) is 0 Å². The van der Waals surface area contributed by atoms with E-state index in [4.69, 9.17) is 21.1 Å². The van der Waals surface area contributed by atoms with Crippen LogP contribution in [-0.4, -0.2) is 58.6 Å². The van der Waals surface area contributed by atoms with E-state index in [0.717, 1.165) is 4.31 Å². The molecule has 1 rings (SSSR count). The topological polar surface area (TPSA) is 84.9 Å². The second kappa shape index (κ2) is 9.96. The Balaban J connectivity index is 2.49. The Labute approximate surface area is 154 Å². The van der Waals surface area contributed by atoms with E-state index in [1.54, 1.807) is 0 Å². The summed E-state index contributed by atoms with van der Waals surface area (Å²) in [7, 11) is -0.700. The minimum absolute atomic E-state index is 0.0597. The highest BCUT2D eigenvalue weighted by molar-refractivity contribution is 7.89. The van der Waals surface area contributed by atoms with Crippen LogP contribution < -0.4 is 10.1 Å². The van der Waals surface area contributed by atoms with Gasteiger partial charge in [0.1, 0.15) is 5.75 Å². The Bertz CT molecular complexity index is 677. The molecule has 0 spiro atoms. The second-order valence-electron chi connectivity index (χ2n) is 5.79. The molecule has 1 amide bonds. The zero-order valence-corrected chi connectivity index (χ0v) is 16.5. The first-order chi connectivity index (χ1) is 11.6. The van der Waals surface area contributed by atoms with Gasteiger partial charge in [-0.15, -0.1) is 0 Å². The molecule has 0 aliphatic rings. The molecule has 142 valence electrons. The van der Waals surface area contributed by atoms with Crippen molar-refractivity contribution >= 4 is 27.5 Å². The fraction of sp³-hybridized carbons (Fsp3) is 0.562. The lowest BCUT2D eigenvalue weighted by Gasteiger charge is -2.13. The van der Waals surface area contributed by atoms with Gasteiger partial charge in [0.15, 0.2) is 6.61 Å². The molecule has 0 radical (unpaired) electrons. The largest absolute Gasteiger partial charge is 0.482 e. The van der Waals surface area contributed by atoms with Gasteiger partial charge in [0.25, 0.3) is 5.91 Å². The summed E-state index contributed by atoms with van der Waals surface area (Å²) in [4.78, 5) is 11.8. The number of sulfonamides is 1. The van der Waals surface area contributed by atoms with Crippen LogP contribution in [0.4, 0.5) is 0 Å². The van der Waals surface area contributed by atoms with Gasteiger partial charge in [-0.05, 0) is 38.5 Å². The number of hydrogen-bond acceptors (Lipinski definition) is 5. The van der Waals surface area contributed by atoms with E-state index in [1.165, 1.54) is 32.3 Å². The average molecular weight is 393 g/mol. The molecule has 1 aromatic carbocycles. The molecule has 7 nitrogen and oxygen atoms in total. The Morgan fingerprint density at radius 1 is 1.32 bits per heavy atom. The third-order valence-corrected chi connectivity index (χ3v) is 5.24. The van der Waals surface area contributed by atoms with Crippen molar-refractivity contribution in [3.63, 3.8) is 0 Å². The molecule has 25 heavy (non-hydrogen) atoms. The quantitative estimate of drug-likeness (QED) is 0.615. The molecule has 0 aliphatic carbocycles. The summed E-state index contributed by atoms with van der Waals surface area (Å²) < 4.78 is 35.9. The Morgan fingerprint density at radius 3 is 2.56 bits per heavy atom. The number of benzene rings is 1. The second-order valence-corrected chi connectivity index (χ2v) is 8.35. The maximum absolute atomic E-state index is 12.0. The highest BCUT2D eigenvalue weighted by Gasteiger charge is 2.18. The maximum atomic E-state index is 12.0. The van der Waals surface area contributed by atoms with Crippen molar-refractivity contribution in [3.8, 4) is 5.75 Å². The first-order valence-electron chi connectivity index (χ1n) is 7.87. The molecule has 0 fully saturated rings. The summed E-state index contributed by atoms with van der Waals surface area (Å²) in [6, 6.07) is 4.12. The molecule has 0 unspecified atom stereocenters. The van der Waals surface area contributed by atoms with Crippen LogP contribution in [0.25, 0.3) is 0 Å². The van der Waals surface area contributed by atoms with Crippen LogP contribution in [0.2, 0.25) is 5.02 Å². The fourth-order valence-corrected chi connectivity index (χ4v) is 3.01. The first-order valence-corrected chi connectivity index (χ1v) is 9.69. The number of ether oxygens (including phenoxy) is 2. The summed E-state index contributed by atoms with van der Waals surface area (Å²) in [6.45, 7) is 4.76. The summed E-state index contributed by atoms with van der Waals surface area (Å²) >= 11 is 6.04. The van der Waals surface area contributed by atoms with Gasteiger partial charge in [0.2, 0.25) is 10.0 Å². The van der Waals surface area contributed by atoms with Gasteiger partial charge < -0.3 is 14.8 Å². The van der Waals surface area contributed by atoms with Gasteiger partial charge in [-0.25, -0.2) is 12.7 Å². The van der Waals surface area contributed by atoms with Gasteiger partial charge >= 0.3 is 0 Å². The fourth-order valence-electron chi connectivity index (χ4n) is 1.78. The molecule has 9 heteroatoms. The highest BCUT2D eigenvalue weighted by Crippen LogP contribution is 2.28. The molecule has 0 saturated carbocycles. The lowest BCUT2D eigenvalue weighted by molar-refractivity contribution is -0.123. The summed E-state index contributed by atoms with van der Waals surface area (Å²) in [5.74, 6) is -0.0386. The van der Waals surface area contributed by atoms with Crippen LogP contribution >= 0.6 is 11.6 Å². The molecule has 0 bridgehead atoms. The number of nitrogens with one attached hydrogen (secondary N) is 1. The third-order valence-electron chi connectivity index (χ3n) is 3.14. The van der Waals surface area contributed by atoms with Crippen molar-refractivity contribution in [1.82, 2.24) is 9.62 Å². The van der Waals surface area contributed by atoms with E-state index in [0.29, 0.717) is 19.6 Å². The minimum Gasteiger partial charge on any atom is -0.482 e. The average Bonchev–Trinajstić information content (AvgIpc) is 2.52. The summed E-state index contributed by atoms with van der Waals surface area (Å²) in [5, 5.41) is 2.83. The molecule has 1 aromatic rings. The van der Waals surface area contributed by atoms with Gasteiger partial charge in [0.05, 0.1) is 16.0 Å². The van der Waals surface area contributed by atoms with Crippen LogP contribution in [-0.2, 0) is 19.6 Å². The number of carbonyl (C=O) groups excluding carboxylic acids is 1. The lowest BCUT2D eigenvalue weighted by Crippen LogP contribution is -2.30. The SMILES string of the molecule is CC(C)OCCCNC(=O)COc1ccc(S(=O)(=O)N(C)C)cc1Cl. The van der Waals surface area contributed by atoms with Gasteiger partial charge in [-0.1, -0.05) is 11.6 Å². The molecule has 1 N–H and O–H groups in total. The molecule has 0 saturated heterocycles. The Morgan fingerprint density at radius 2 is 2.00 bits per heavy atom. The number of rotatable bonds is 10. The van der Waals surface area contributed by atoms with Gasteiger partial charge in [-0.2, -0.15) is 0 Å². The number of amides is 1. The number of nitrogens with zero attached hydrogens (tertiary/aromatic N) is 1. The van der Waals surface area contributed by atoms with Crippen LogP contribution in [0, 0.1) is 0 Å². The van der Waals surface area contributed by atoms with E-state index in [9.17, 15) is 13.2 Å². The Hall–Kier alpha value is -1.35. The first kappa shape index (κ1) is 21.7. The molecular formula is C16H25ClN2O5S. The standard InChI is InChI=1S/C16H25ClN2O5S/c1-12(2)23-9-5-8-18-16(20)11-24-15-7-6-13(10-14(15)17)25(21,22)19(3)4/h6-7,10,12H,5,8-9,11H2,1-4H3,(H,18,20). The summed E-state index contributed by atoms with van der Waals surface area (Å²) in [6.07, 6.45) is 0.877. The molecule has 0 heterocycles. The third kappa shape index (κ3) is 7.19. The van der Waals surface area contributed by atoms with Gasteiger partial charge in [-0.3, -0.25) is 4.79 Å². The zero-order valence-electron chi connectivity index (χ0n) is 14.9. The van der Waals surface area contributed by atoms with E-state index in [-0.39, 0.29) is 34.3 Å². The number of carbonyl (C=O) groups is 1. The van der Waals surface area contributed by atoms with Crippen molar-refractivity contribution in [2.75, 3.05) is 33.9 Å². The zero-order chi connectivity index (χ0) is 19.0. The van der Waals surface area contributed by atoms with E-state index in [2.05, 4.69) is 5.32 Å². The van der Waals surface area contributed by atoms with Crippen molar-refractivity contribution in [3.05, 3.63) is 23.2 Å². The van der Waals surface area contributed by atoms with Crippen LogP contribution in [0.5, 0.6) is 5.75 Å². The molecule has 0 aliphatic heterocycles. The van der Waals surface area contributed by atoms with Crippen molar-refractivity contribution in [2.24, 2.45) is 0 Å². The minimum atomic E-state index is -3.57. The number of hydrogen-bond donors (Lipinski definition) is 1. The van der Waals surface area contributed by atoms with Crippen LogP contribution in [0.15, 0.2) is 23.1 Å². The van der Waals surface area contributed by atoms with E-state index < -0.39 is 10.0 Å². The predicted octanol–water partition coefficient (Wildman–Crippen LogP) is 1.90. The lowest BCUT2D eigenvalue weighted by atomic mass is 10.3. The van der Waals surface area contributed by atoms with E-state index >= 15 is 0 Å². The summed E-state index contributed by atoms with van der Waals surface area (Å²) in [5.41, 5.74) is 0. The monoisotopic (exact) mass is 392 g/mol. The van der Waals surface area contributed by atoms with Gasteiger partial charge in [0, 0.05) is 27.2 Å². The predicted molar refractivity (Wildman–Crippen MR) is 96.5 cm³/mol. The number of halogens is 1. The van der Waals surface area contributed by atoms with Crippen molar-refractivity contribution in [2.45, 2.75) is 31.3 Å². The van der Waals surface area contributed by atoms with Crippen LogP contribution in [0.1, 0.15) is 20.3 Å². The Kier molecular flexibility index (Phi) is 8.64. The molecule has 0 aromatic heterocycles. The smallest absolute Gasteiger partial charge is 0.257 e. The molecule has 0 atom stereocenters.